The average Bonchev–Trinajstić information content (AvgIpc) is 2.40. The van der Waals surface area contributed by atoms with Crippen molar-refractivity contribution in [2.45, 2.75) is 14.4 Å². The predicted octanol–water partition coefficient (Wildman–Crippen LogP) is 3.76. The van der Waals surface area contributed by atoms with Gasteiger partial charge >= 0.3 is 0 Å². The van der Waals surface area contributed by atoms with Gasteiger partial charge in [-0.25, -0.2) is 0 Å². The van der Waals surface area contributed by atoms with Gasteiger partial charge in [0, 0.05) is 22.2 Å². The van der Waals surface area contributed by atoms with Gasteiger partial charge in [-0.15, -0.1) is 0 Å². The minimum Gasteiger partial charge on any atom is -0.358 e. The second-order valence-corrected chi connectivity index (χ2v) is 2.91. The standard InChI is InChI=1S/C11H11N.CH4/c1-3-9-8(2)12-11-7-5-4-6-10(9)11;/h3-7,12H,1H2,2H3;1H4. The van der Waals surface area contributed by atoms with E-state index in [1.165, 1.54) is 22.2 Å². The smallest absolute Gasteiger partial charge is 0.0462 e. The van der Waals surface area contributed by atoms with E-state index in [0.717, 1.165) is 0 Å². The number of H-pyrrole nitrogens is 1. The van der Waals surface area contributed by atoms with Gasteiger partial charge in [-0.3, -0.25) is 0 Å². The van der Waals surface area contributed by atoms with E-state index in [9.17, 15) is 0 Å². The first-order chi connectivity index (χ1) is 5.83. The van der Waals surface area contributed by atoms with E-state index in [2.05, 4.69) is 30.6 Å². The largest absolute Gasteiger partial charge is 0.358 e. The molecule has 1 heteroatoms. The summed E-state index contributed by atoms with van der Waals surface area (Å²) in [6.45, 7) is 5.86. The minimum absolute atomic E-state index is 0. The summed E-state index contributed by atoms with van der Waals surface area (Å²) in [4.78, 5) is 3.31. The number of fused-ring (bicyclic) bond motifs is 1. The summed E-state index contributed by atoms with van der Waals surface area (Å²) in [6, 6.07) is 8.26. The Morgan fingerprint density at radius 2 is 2.00 bits per heavy atom. The maximum absolute atomic E-state index is 3.79. The van der Waals surface area contributed by atoms with Crippen molar-refractivity contribution in [3.05, 3.63) is 42.1 Å². The van der Waals surface area contributed by atoms with Crippen LogP contribution in [0.2, 0.25) is 0 Å². The molecule has 0 bridgehead atoms. The molecule has 2 rings (SSSR count). The molecule has 0 saturated heterocycles. The van der Waals surface area contributed by atoms with Crippen LogP contribution in [0.4, 0.5) is 0 Å². The van der Waals surface area contributed by atoms with Crippen LogP contribution in [-0.4, -0.2) is 4.98 Å². The van der Waals surface area contributed by atoms with Crippen LogP contribution in [0.1, 0.15) is 18.7 Å². The molecule has 0 atom stereocenters. The van der Waals surface area contributed by atoms with E-state index >= 15 is 0 Å². The third-order valence-corrected chi connectivity index (χ3v) is 2.15. The zero-order chi connectivity index (χ0) is 8.55. The van der Waals surface area contributed by atoms with Crippen LogP contribution >= 0.6 is 0 Å². The van der Waals surface area contributed by atoms with E-state index in [-0.39, 0.29) is 7.43 Å². The van der Waals surface area contributed by atoms with Crippen molar-refractivity contribution in [3.63, 3.8) is 0 Å². The van der Waals surface area contributed by atoms with E-state index in [1.807, 2.05) is 18.2 Å². The number of hydrogen-bond acceptors (Lipinski definition) is 0. The maximum Gasteiger partial charge on any atom is 0.0462 e. The Hall–Kier alpha value is -1.50. The normalized spacial score (nSPS) is 9.62. The summed E-state index contributed by atoms with van der Waals surface area (Å²) in [5.74, 6) is 0. The second kappa shape index (κ2) is 3.48. The minimum atomic E-state index is 0. The fraction of sp³-hybridized carbons (Fsp3) is 0.167. The van der Waals surface area contributed by atoms with Gasteiger partial charge in [0.2, 0.25) is 0 Å². The van der Waals surface area contributed by atoms with Gasteiger partial charge in [0.1, 0.15) is 0 Å². The summed E-state index contributed by atoms with van der Waals surface area (Å²) >= 11 is 0. The lowest BCUT2D eigenvalue weighted by Crippen LogP contribution is -1.71. The molecule has 1 aromatic carbocycles. The monoisotopic (exact) mass is 173 g/mol. The summed E-state index contributed by atoms with van der Waals surface area (Å²) < 4.78 is 0. The fourth-order valence-corrected chi connectivity index (χ4v) is 1.56. The zero-order valence-corrected chi connectivity index (χ0v) is 7.09. The lowest BCUT2D eigenvalue weighted by molar-refractivity contribution is 1.29. The summed E-state index contributed by atoms with van der Waals surface area (Å²) in [5, 5.41) is 1.25. The van der Waals surface area contributed by atoms with E-state index < -0.39 is 0 Å². The number of aryl methyl sites for hydroxylation is 1. The highest BCUT2D eigenvalue weighted by molar-refractivity contribution is 5.90. The lowest BCUT2D eigenvalue weighted by atomic mass is 10.1. The number of para-hydroxylation sites is 1. The van der Waals surface area contributed by atoms with Gasteiger partial charge in [0.25, 0.3) is 0 Å². The number of benzene rings is 1. The molecule has 1 heterocycles. The summed E-state index contributed by atoms with van der Waals surface area (Å²) in [5.41, 5.74) is 3.58. The van der Waals surface area contributed by atoms with Crippen molar-refractivity contribution >= 4 is 17.0 Å². The summed E-state index contributed by atoms with van der Waals surface area (Å²) in [6.07, 6.45) is 1.90. The topological polar surface area (TPSA) is 15.8 Å². The first-order valence-corrected chi connectivity index (χ1v) is 4.02. The molecule has 0 unspecified atom stereocenters. The fourth-order valence-electron chi connectivity index (χ4n) is 1.56. The predicted molar refractivity (Wildman–Crippen MR) is 59.9 cm³/mol. The molecule has 1 aromatic heterocycles. The van der Waals surface area contributed by atoms with Crippen LogP contribution in [0.5, 0.6) is 0 Å². The Bertz CT molecular complexity index is 424. The third kappa shape index (κ3) is 1.37. The third-order valence-electron chi connectivity index (χ3n) is 2.15. The highest BCUT2D eigenvalue weighted by Gasteiger charge is 2.02. The van der Waals surface area contributed by atoms with Crippen LogP contribution in [0, 0.1) is 6.92 Å². The average molecular weight is 173 g/mol. The number of aromatic amines is 1. The van der Waals surface area contributed by atoms with Crippen molar-refractivity contribution in [1.29, 1.82) is 0 Å². The highest BCUT2D eigenvalue weighted by atomic mass is 14.7. The van der Waals surface area contributed by atoms with Crippen LogP contribution in [0.25, 0.3) is 17.0 Å². The van der Waals surface area contributed by atoms with Gasteiger partial charge in [-0.05, 0) is 13.0 Å². The molecule has 0 aliphatic heterocycles. The molecule has 0 spiro atoms. The molecule has 68 valence electrons. The van der Waals surface area contributed by atoms with Crippen LogP contribution in [-0.2, 0) is 0 Å². The number of nitrogens with one attached hydrogen (secondary N) is 1. The Balaban J connectivity index is 0.000000845. The van der Waals surface area contributed by atoms with E-state index in [0.29, 0.717) is 0 Å². The van der Waals surface area contributed by atoms with Crippen LogP contribution in [0.3, 0.4) is 0 Å². The van der Waals surface area contributed by atoms with Gasteiger partial charge in [0.05, 0.1) is 0 Å². The van der Waals surface area contributed by atoms with Gasteiger partial charge in [-0.1, -0.05) is 38.3 Å². The van der Waals surface area contributed by atoms with Crippen molar-refractivity contribution in [2.24, 2.45) is 0 Å². The molecule has 1 nitrogen and oxygen atoms in total. The molecule has 0 aliphatic rings. The van der Waals surface area contributed by atoms with Crippen LogP contribution in [0.15, 0.2) is 30.8 Å². The first-order valence-electron chi connectivity index (χ1n) is 4.02. The highest BCUT2D eigenvalue weighted by Crippen LogP contribution is 2.22. The van der Waals surface area contributed by atoms with Crippen molar-refractivity contribution in [3.8, 4) is 0 Å². The molecule has 0 fully saturated rings. The molecule has 1 N–H and O–H groups in total. The summed E-state index contributed by atoms with van der Waals surface area (Å²) in [7, 11) is 0. The molecule has 13 heavy (non-hydrogen) atoms. The molecule has 0 saturated carbocycles. The maximum atomic E-state index is 3.79. The first kappa shape index (κ1) is 9.59. The number of hydrogen-bond donors (Lipinski definition) is 1. The zero-order valence-electron chi connectivity index (χ0n) is 7.09. The van der Waals surface area contributed by atoms with Crippen LogP contribution < -0.4 is 0 Å². The Morgan fingerprint density at radius 1 is 1.31 bits per heavy atom. The van der Waals surface area contributed by atoms with Gasteiger partial charge in [-0.2, -0.15) is 0 Å². The van der Waals surface area contributed by atoms with Crippen molar-refractivity contribution in [2.75, 3.05) is 0 Å². The molecule has 2 aromatic rings. The number of aromatic nitrogens is 1. The lowest BCUT2D eigenvalue weighted by Gasteiger charge is -1.89. The molecule has 0 radical (unpaired) electrons. The molecule has 0 amide bonds. The molecular weight excluding hydrogens is 158 g/mol. The Kier molecular flexibility index (Phi) is 2.57. The Labute approximate surface area is 79.1 Å². The number of rotatable bonds is 1. The molecular formula is C12H15N. The quantitative estimate of drug-likeness (QED) is 0.676. The van der Waals surface area contributed by atoms with Gasteiger partial charge < -0.3 is 4.98 Å². The van der Waals surface area contributed by atoms with Crippen molar-refractivity contribution in [1.82, 2.24) is 4.98 Å². The Morgan fingerprint density at radius 3 is 2.69 bits per heavy atom. The van der Waals surface area contributed by atoms with Gasteiger partial charge in [0.15, 0.2) is 0 Å². The SMILES string of the molecule is C.C=Cc1c(C)[nH]c2ccccc12. The van der Waals surface area contributed by atoms with E-state index in [1.54, 1.807) is 0 Å². The van der Waals surface area contributed by atoms with Crippen molar-refractivity contribution < 1.29 is 0 Å². The molecule has 0 aliphatic carbocycles. The van der Waals surface area contributed by atoms with E-state index in [4.69, 9.17) is 0 Å². The second-order valence-electron chi connectivity index (χ2n) is 2.91.